The average Bonchev–Trinajstić information content (AvgIpc) is 3.17. The van der Waals surface area contributed by atoms with Gasteiger partial charge in [0.25, 0.3) is 0 Å². The molecule has 3 rings (SSSR count). The zero-order valence-electron chi connectivity index (χ0n) is 13.6. The number of hydrogen-bond acceptors (Lipinski definition) is 6. The number of thiazole rings is 1. The molecule has 0 fully saturated rings. The van der Waals surface area contributed by atoms with Gasteiger partial charge >= 0.3 is 0 Å². The van der Waals surface area contributed by atoms with E-state index < -0.39 is 0 Å². The van der Waals surface area contributed by atoms with Crippen molar-refractivity contribution in [2.45, 2.75) is 42.7 Å². The SMILES string of the molecule is CC(Sc1nc(-c2ccccc2)cs1)c1nc(C(C)(C)C)no1. The lowest BCUT2D eigenvalue weighted by Gasteiger charge is -2.11. The van der Waals surface area contributed by atoms with Crippen molar-refractivity contribution in [3.05, 3.63) is 47.4 Å². The van der Waals surface area contributed by atoms with E-state index in [2.05, 4.69) is 55.3 Å². The molecule has 0 N–H and O–H groups in total. The summed E-state index contributed by atoms with van der Waals surface area (Å²) in [4.78, 5) is 9.21. The summed E-state index contributed by atoms with van der Waals surface area (Å²) in [6, 6.07) is 10.2. The molecular weight excluding hydrogens is 326 g/mol. The van der Waals surface area contributed by atoms with Crippen molar-refractivity contribution in [2.24, 2.45) is 0 Å². The van der Waals surface area contributed by atoms with E-state index in [1.54, 1.807) is 23.1 Å². The van der Waals surface area contributed by atoms with Gasteiger partial charge in [-0.3, -0.25) is 0 Å². The van der Waals surface area contributed by atoms with Gasteiger partial charge in [-0.05, 0) is 6.92 Å². The minimum Gasteiger partial charge on any atom is -0.338 e. The van der Waals surface area contributed by atoms with Crippen LogP contribution >= 0.6 is 23.1 Å². The first-order chi connectivity index (χ1) is 10.9. The second-order valence-corrected chi connectivity index (χ2v) is 8.78. The van der Waals surface area contributed by atoms with Gasteiger partial charge in [0.05, 0.1) is 10.9 Å². The molecule has 2 aromatic heterocycles. The molecule has 1 aromatic carbocycles. The van der Waals surface area contributed by atoms with Crippen LogP contribution in [0.4, 0.5) is 0 Å². The Labute approximate surface area is 144 Å². The van der Waals surface area contributed by atoms with E-state index in [1.807, 2.05) is 18.2 Å². The molecule has 0 saturated heterocycles. The van der Waals surface area contributed by atoms with Crippen LogP contribution in [-0.4, -0.2) is 15.1 Å². The van der Waals surface area contributed by atoms with Crippen LogP contribution in [0.2, 0.25) is 0 Å². The van der Waals surface area contributed by atoms with Gasteiger partial charge in [0.1, 0.15) is 0 Å². The predicted molar refractivity (Wildman–Crippen MR) is 94.8 cm³/mol. The summed E-state index contributed by atoms with van der Waals surface area (Å²) in [5.74, 6) is 1.39. The summed E-state index contributed by atoms with van der Waals surface area (Å²) < 4.78 is 6.42. The van der Waals surface area contributed by atoms with Crippen molar-refractivity contribution in [1.29, 1.82) is 0 Å². The van der Waals surface area contributed by atoms with Gasteiger partial charge < -0.3 is 4.52 Å². The van der Waals surface area contributed by atoms with Crippen LogP contribution < -0.4 is 0 Å². The molecule has 3 aromatic rings. The van der Waals surface area contributed by atoms with E-state index in [1.165, 1.54) is 0 Å². The molecule has 2 heterocycles. The lowest BCUT2D eigenvalue weighted by atomic mass is 9.96. The Bertz CT molecular complexity index is 774. The average molecular weight is 345 g/mol. The maximum atomic E-state index is 5.41. The predicted octanol–water partition coefficient (Wildman–Crippen LogP) is 5.34. The molecule has 0 aliphatic rings. The van der Waals surface area contributed by atoms with Crippen molar-refractivity contribution in [1.82, 2.24) is 15.1 Å². The Balaban J connectivity index is 1.72. The summed E-state index contributed by atoms with van der Waals surface area (Å²) in [6.07, 6.45) is 0. The summed E-state index contributed by atoms with van der Waals surface area (Å²) in [5.41, 5.74) is 2.04. The Kier molecular flexibility index (Phi) is 4.55. The fourth-order valence-corrected chi connectivity index (χ4v) is 3.96. The van der Waals surface area contributed by atoms with Crippen LogP contribution in [0.1, 0.15) is 44.7 Å². The quantitative estimate of drug-likeness (QED) is 0.597. The number of aromatic nitrogens is 3. The summed E-state index contributed by atoms with van der Waals surface area (Å²) in [7, 11) is 0. The highest BCUT2D eigenvalue weighted by Gasteiger charge is 2.24. The molecule has 0 radical (unpaired) electrons. The highest BCUT2D eigenvalue weighted by atomic mass is 32.2. The highest BCUT2D eigenvalue weighted by Crippen LogP contribution is 2.37. The number of nitrogens with zero attached hydrogens (tertiary/aromatic N) is 3. The smallest absolute Gasteiger partial charge is 0.239 e. The van der Waals surface area contributed by atoms with Crippen LogP contribution in [0, 0.1) is 0 Å². The molecule has 0 saturated carbocycles. The van der Waals surface area contributed by atoms with E-state index in [0.29, 0.717) is 5.89 Å². The van der Waals surface area contributed by atoms with Gasteiger partial charge in [0.15, 0.2) is 10.2 Å². The largest absolute Gasteiger partial charge is 0.338 e. The highest BCUT2D eigenvalue weighted by molar-refractivity contribution is 8.01. The Morgan fingerprint density at radius 3 is 2.52 bits per heavy atom. The monoisotopic (exact) mass is 345 g/mol. The fraction of sp³-hybridized carbons (Fsp3) is 0.353. The number of hydrogen-bond donors (Lipinski definition) is 0. The third kappa shape index (κ3) is 3.82. The molecule has 0 bridgehead atoms. The number of rotatable bonds is 4. The first kappa shape index (κ1) is 16.2. The van der Waals surface area contributed by atoms with Crippen LogP contribution in [0.3, 0.4) is 0 Å². The van der Waals surface area contributed by atoms with Crippen LogP contribution in [0.5, 0.6) is 0 Å². The molecular formula is C17H19N3OS2. The Hall–Kier alpha value is -1.66. The molecule has 0 amide bonds. The lowest BCUT2D eigenvalue weighted by molar-refractivity contribution is 0.364. The van der Waals surface area contributed by atoms with E-state index in [-0.39, 0.29) is 10.7 Å². The Morgan fingerprint density at radius 1 is 1.13 bits per heavy atom. The fourth-order valence-electron chi connectivity index (χ4n) is 1.96. The second kappa shape index (κ2) is 6.45. The van der Waals surface area contributed by atoms with Gasteiger partial charge in [-0.2, -0.15) is 4.98 Å². The molecule has 0 aliphatic carbocycles. The normalized spacial score (nSPS) is 13.2. The van der Waals surface area contributed by atoms with Crippen molar-refractivity contribution in [3.8, 4) is 11.3 Å². The molecule has 0 aliphatic heterocycles. The zero-order chi connectivity index (χ0) is 16.4. The molecule has 23 heavy (non-hydrogen) atoms. The van der Waals surface area contributed by atoms with E-state index in [4.69, 9.17) is 9.51 Å². The standard InChI is InChI=1S/C17H19N3OS2/c1-11(14-19-15(20-21-14)17(2,3)4)23-16-18-13(10-22-16)12-8-6-5-7-9-12/h5-11H,1-4H3. The van der Waals surface area contributed by atoms with Crippen LogP contribution in [0.15, 0.2) is 44.6 Å². The first-order valence-electron chi connectivity index (χ1n) is 7.45. The summed E-state index contributed by atoms with van der Waals surface area (Å²) in [5, 5.41) is 6.25. The minimum atomic E-state index is -0.103. The van der Waals surface area contributed by atoms with E-state index in [9.17, 15) is 0 Å². The summed E-state index contributed by atoms with van der Waals surface area (Å²) in [6.45, 7) is 8.29. The Morgan fingerprint density at radius 2 is 1.87 bits per heavy atom. The third-order valence-electron chi connectivity index (χ3n) is 3.29. The third-order valence-corrected chi connectivity index (χ3v) is 5.35. The number of benzene rings is 1. The lowest BCUT2D eigenvalue weighted by Crippen LogP contribution is -2.13. The van der Waals surface area contributed by atoms with Gasteiger partial charge in [-0.25, -0.2) is 4.98 Å². The number of thioether (sulfide) groups is 1. The molecule has 4 nitrogen and oxygen atoms in total. The van der Waals surface area contributed by atoms with Crippen molar-refractivity contribution in [2.75, 3.05) is 0 Å². The van der Waals surface area contributed by atoms with E-state index in [0.717, 1.165) is 21.4 Å². The summed E-state index contributed by atoms with van der Waals surface area (Å²) >= 11 is 3.29. The van der Waals surface area contributed by atoms with Gasteiger partial charge in [0.2, 0.25) is 5.89 Å². The van der Waals surface area contributed by atoms with Crippen molar-refractivity contribution in [3.63, 3.8) is 0 Å². The minimum absolute atomic E-state index is 0.0772. The molecule has 0 spiro atoms. The van der Waals surface area contributed by atoms with Gasteiger partial charge in [0, 0.05) is 16.4 Å². The molecule has 120 valence electrons. The molecule has 1 unspecified atom stereocenters. The van der Waals surface area contributed by atoms with Gasteiger partial charge in [-0.15, -0.1) is 11.3 Å². The molecule has 1 atom stereocenters. The second-order valence-electron chi connectivity index (χ2n) is 6.33. The topological polar surface area (TPSA) is 51.8 Å². The van der Waals surface area contributed by atoms with Crippen LogP contribution in [0.25, 0.3) is 11.3 Å². The zero-order valence-corrected chi connectivity index (χ0v) is 15.2. The first-order valence-corrected chi connectivity index (χ1v) is 9.21. The maximum Gasteiger partial charge on any atom is 0.239 e. The van der Waals surface area contributed by atoms with E-state index >= 15 is 0 Å². The van der Waals surface area contributed by atoms with Crippen molar-refractivity contribution < 1.29 is 4.52 Å². The molecule has 6 heteroatoms. The van der Waals surface area contributed by atoms with Crippen molar-refractivity contribution >= 4 is 23.1 Å². The van der Waals surface area contributed by atoms with Gasteiger partial charge in [-0.1, -0.05) is 68.0 Å². The maximum absolute atomic E-state index is 5.41. The van der Waals surface area contributed by atoms with Crippen LogP contribution in [-0.2, 0) is 5.41 Å².